The smallest absolute Gasteiger partial charge is 0.123 e. The van der Waals surface area contributed by atoms with Gasteiger partial charge in [0.15, 0.2) is 0 Å². The highest BCUT2D eigenvalue weighted by Crippen LogP contribution is 2.35. The number of hydrogen-bond acceptors (Lipinski definition) is 2. The highest BCUT2D eigenvalue weighted by Gasteiger charge is 2.24. The maximum absolute atomic E-state index is 13.2. The van der Waals surface area contributed by atoms with Crippen molar-refractivity contribution in [3.8, 4) is 22.5 Å². The summed E-state index contributed by atoms with van der Waals surface area (Å²) in [6, 6.07) is 8.79. The fourth-order valence-corrected chi connectivity index (χ4v) is 2.96. The highest BCUT2D eigenvalue weighted by molar-refractivity contribution is 5.78. The van der Waals surface area contributed by atoms with Gasteiger partial charge in [0.05, 0.1) is 30.4 Å². The quantitative estimate of drug-likeness (QED) is 0.802. The number of ether oxygens (including phenoxy) is 1. The van der Waals surface area contributed by atoms with E-state index in [4.69, 9.17) is 4.74 Å². The van der Waals surface area contributed by atoms with Crippen molar-refractivity contribution in [3.05, 3.63) is 54.9 Å². The molecule has 1 atom stereocenters. The number of imidazole rings is 1. The lowest BCUT2D eigenvalue weighted by Gasteiger charge is -2.14. The average Bonchev–Trinajstić information content (AvgIpc) is 3.27. The van der Waals surface area contributed by atoms with Gasteiger partial charge in [-0.1, -0.05) is 0 Å². The molecule has 1 aliphatic heterocycles. The molecule has 1 aliphatic rings. The Morgan fingerprint density at radius 1 is 1.18 bits per heavy atom. The number of halogens is 1. The van der Waals surface area contributed by atoms with Gasteiger partial charge in [0.1, 0.15) is 5.82 Å². The van der Waals surface area contributed by atoms with E-state index >= 15 is 0 Å². The van der Waals surface area contributed by atoms with Crippen molar-refractivity contribution >= 4 is 0 Å². The van der Waals surface area contributed by atoms with Gasteiger partial charge in [-0.25, -0.2) is 9.37 Å². The Morgan fingerprint density at radius 2 is 2.05 bits per heavy atom. The van der Waals surface area contributed by atoms with Crippen LogP contribution in [0.1, 0.15) is 12.5 Å². The van der Waals surface area contributed by atoms with E-state index in [-0.39, 0.29) is 5.82 Å². The first-order valence-electron chi connectivity index (χ1n) is 7.36. The van der Waals surface area contributed by atoms with Crippen LogP contribution in [0.25, 0.3) is 22.5 Å². The molecule has 2 aromatic heterocycles. The molecule has 0 aliphatic carbocycles. The molecule has 0 bridgehead atoms. The molecule has 1 fully saturated rings. The van der Waals surface area contributed by atoms with Crippen LogP contribution in [0.2, 0.25) is 0 Å². The first kappa shape index (κ1) is 13.3. The average molecular weight is 297 g/mol. The van der Waals surface area contributed by atoms with Crippen LogP contribution in [-0.4, -0.2) is 27.7 Å². The fourth-order valence-electron chi connectivity index (χ4n) is 2.96. The summed E-state index contributed by atoms with van der Waals surface area (Å²) in [5.74, 6) is -0.240. The molecule has 4 nitrogen and oxygen atoms in total. The van der Waals surface area contributed by atoms with Crippen molar-refractivity contribution in [1.82, 2.24) is 14.5 Å². The summed E-state index contributed by atoms with van der Waals surface area (Å²) in [6.45, 7) is 1.48. The molecule has 1 unspecified atom stereocenters. The summed E-state index contributed by atoms with van der Waals surface area (Å²) in [5.41, 5.74) is 3.90. The third-order valence-electron chi connectivity index (χ3n) is 4.08. The van der Waals surface area contributed by atoms with Crippen molar-refractivity contribution in [1.29, 1.82) is 0 Å². The van der Waals surface area contributed by atoms with Gasteiger partial charge in [-0.3, -0.25) is 0 Å². The molecule has 0 radical (unpaired) electrons. The van der Waals surface area contributed by atoms with Crippen LogP contribution >= 0.6 is 0 Å². The fraction of sp³-hybridized carbons (Fsp3) is 0.235. The Bertz CT molecular complexity index is 756. The first-order chi connectivity index (χ1) is 10.8. The number of nitrogens with one attached hydrogen (secondary N) is 1. The maximum Gasteiger partial charge on any atom is 0.123 e. The molecular weight excluding hydrogens is 281 g/mol. The second-order valence-electron chi connectivity index (χ2n) is 5.47. The lowest BCUT2D eigenvalue weighted by molar-refractivity contribution is 0.187. The zero-order valence-corrected chi connectivity index (χ0v) is 12.0. The third-order valence-corrected chi connectivity index (χ3v) is 4.08. The van der Waals surface area contributed by atoms with Crippen molar-refractivity contribution in [2.24, 2.45) is 0 Å². The van der Waals surface area contributed by atoms with Crippen LogP contribution in [0.5, 0.6) is 0 Å². The van der Waals surface area contributed by atoms with Crippen LogP contribution in [0, 0.1) is 5.82 Å². The van der Waals surface area contributed by atoms with Gasteiger partial charge in [-0.2, -0.15) is 0 Å². The van der Waals surface area contributed by atoms with Crippen LogP contribution in [0.3, 0.4) is 0 Å². The SMILES string of the molecule is Fc1ccc(-c2ncn(C3CCOC3)c2-c2cc[nH]c2)cc1. The van der Waals surface area contributed by atoms with Crippen LogP contribution < -0.4 is 0 Å². The molecule has 5 heteroatoms. The predicted octanol–water partition coefficient (Wildman–Crippen LogP) is 3.65. The first-order valence-corrected chi connectivity index (χ1v) is 7.36. The van der Waals surface area contributed by atoms with Crippen LogP contribution in [0.4, 0.5) is 4.39 Å². The summed E-state index contributed by atoms with van der Waals surface area (Å²) < 4.78 is 20.9. The third kappa shape index (κ3) is 2.23. The van der Waals surface area contributed by atoms with E-state index in [1.54, 1.807) is 12.1 Å². The number of nitrogens with zero attached hydrogens (tertiary/aromatic N) is 2. The Morgan fingerprint density at radius 3 is 2.73 bits per heavy atom. The van der Waals surface area contributed by atoms with E-state index in [2.05, 4.69) is 14.5 Å². The van der Waals surface area contributed by atoms with Crippen molar-refractivity contribution in [3.63, 3.8) is 0 Å². The Kier molecular flexibility index (Phi) is 3.27. The van der Waals surface area contributed by atoms with Gasteiger partial charge >= 0.3 is 0 Å². The minimum Gasteiger partial charge on any atom is -0.379 e. The summed E-state index contributed by atoms with van der Waals surface area (Å²) in [5, 5.41) is 0. The second kappa shape index (κ2) is 5.42. The van der Waals surface area contributed by atoms with Crippen LogP contribution in [0.15, 0.2) is 49.1 Å². The number of H-pyrrole nitrogens is 1. The van der Waals surface area contributed by atoms with Crippen molar-refractivity contribution < 1.29 is 9.13 Å². The predicted molar refractivity (Wildman–Crippen MR) is 81.9 cm³/mol. The molecule has 3 heterocycles. The van der Waals surface area contributed by atoms with E-state index in [1.807, 2.05) is 24.8 Å². The Hall–Kier alpha value is -2.40. The molecule has 4 rings (SSSR count). The Labute approximate surface area is 127 Å². The standard InChI is InChI=1S/C17H16FN3O/c18-14-3-1-12(2-4-14)16-17(13-5-7-19-9-13)21(11-20-16)15-6-8-22-10-15/h1-5,7,9,11,15,19H,6,8,10H2. The van der Waals surface area contributed by atoms with Crippen molar-refractivity contribution in [2.75, 3.05) is 13.2 Å². The van der Waals surface area contributed by atoms with Gasteiger partial charge in [-0.15, -0.1) is 0 Å². The number of aromatic nitrogens is 3. The van der Waals surface area contributed by atoms with E-state index in [1.165, 1.54) is 12.1 Å². The molecule has 1 N–H and O–H groups in total. The van der Waals surface area contributed by atoms with E-state index in [9.17, 15) is 4.39 Å². The van der Waals surface area contributed by atoms with E-state index in [0.717, 1.165) is 35.5 Å². The molecule has 1 aromatic carbocycles. The Balaban J connectivity index is 1.86. The maximum atomic E-state index is 13.2. The van der Waals surface area contributed by atoms with Crippen molar-refractivity contribution in [2.45, 2.75) is 12.5 Å². The lowest BCUT2D eigenvalue weighted by atomic mass is 10.1. The van der Waals surface area contributed by atoms with E-state index < -0.39 is 0 Å². The van der Waals surface area contributed by atoms with Gasteiger partial charge in [0, 0.05) is 30.1 Å². The minimum atomic E-state index is -0.240. The van der Waals surface area contributed by atoms with Gasteiger partial charge in [0.25, 0.3) is 0 Å². The number of benzene rings is 1. The second-order valence-corrected chi connectivity index (χ2v) is 5.47. The molecule has 0 saturated carbocycles. The number of hydrogen-bond donors (Lipinski definition) is 1. The molecule has 22 heavy (non-hydrogen) atoms. The molecule has 1 saturated heterocycles. The van der Waals surface area contributed by atoms with E-state index in [0.29, 0.717) is 12.6 Å². The minimum absolute atomic E-state index is 0.240. The topological polar surface area (TPSA) is 42.8 Å². The largest absolute Gasteiger partial charge is 0.379 e. The number of rotatable bonds is 3. The summed E-state index contributed by atoms with van der Waals surface area (Å²) in [6.07, 6.45) is 6.69. The normalized spacial score (nSPS) is 18.0. The summed E-state index contributed by atoms with van der Waals surface area (Å²) in [4.78, 5) is 7.68. The number of aromatic amines is 1. The highest BCUT2D eigenvalue weighted by atomic mass is 19.1. The zero-order valence-electron chi connectivity index (χ0n) is 12.0. The molecular formula is C17H16FN3O. The van der Waals surface area contributed by atoms with Gasteiger partial charge < -0.3 is 14.3 Å². The lowest BCUT2D eigenvalue weighted by Crippen LogP contribution is -2.08. The molecule has 0 spiro atoms. The summed E-state index contributed by atoms with van der Waals surface area (Å²) >= 11 is 0. The summed E-state index contributed by atoms with van der Waals surface area (Å²) in [7, 11) is 0. The van der Waals surface area contributed by atoms with Gasteiger partial charge in [-0.05, 0) is 36.8 Å². The molecule has 3 aromatic rings. The van der Waals surface area contributed by atoms with Gasteiger partial charge in [0.2, 0.25) is 0 Å². The molecule has 112 valence electrons. The van der Waals surface area contributed by atoms with Crippen LogP contribution in [-0.2, 0) is 4.74 Å². The zero-order chi connectivity index (χ0) is 14.9. The molecule has 0 amide bonds. The monoisotopic (exact) mass is 297 g/mol.